The molecule has 1 atom stereocenters. The highest BCUT2D eigenvalue weighted by molar-refractivity contribution is 8.00. The van der Waals surface area contributed by atoms with Crippen LogP contribution in [0.15, 0.2) is 22.7 Å². The van der Waals surface area contributed by atoms with Crippen LogP contribution in [0.1, 0.15) is 81.6 Å². The normalized spacial score (nSPS) is 11.6. The lowest BCUT2D eigenvalue weighted by molar-refractivity contribution is -0.115. The van der Waals surface area contributed by atoms with Gasteiger partial charge in [0.25, 0.3) is 5.91 Å². The minimum absolute atomic E-state index is 0.135. The van der Waals surface area contributed by atoms with E-state index in [-0.39, 0.29) is 47.0 Å². The molecule has 14 heteroatoms. The van der Waals surface area contributed by atoms with Crippen LogP contribution in [0.25, 0.3) is 0 Å². The van der Waals surface area contributed by atoms with Crippen molar-refractivity contribution in [1.29, 1.82) is 0 Å². The summed E-state index contributed by atoms with van der Waals surface area (Å²) < 4.78 is 12.2. The van der Waals surface area contributed by atoms with Gasteiger partial charge < -0.3 is 24.7 Å². The van der Waals surface area contributed by atoms with E-state index in [1.807, 2.05) is 16.0 Å². The van der Waals surface area contributed by atoms with Crippen LogP contribution < -0.4 is 10.6 Å². The van der Waals surface area contributed by atoms with Crippen molar-refractivity contribution in [3.63, 3.8) is 0 Å². The second-order valence-corrected chi connectivity index (χ2v) is 11.8. The maximum atomic E-state index is 13.2. The molecule has 0 bridgehead atoms. The molecule has 0 aliphatic heterocycles. The summed E-state index contributed by atoms with van der Waals surface area (Å²) in [5.74, 6) is -1.18. The number of carbonyl (C=O) groups excluding carboxylic acids is 4. The van der Waals surface area contributed by atoms with E-state index in [9.17, 15) is 19.2 Å². The molecule has 0 fully saturated rings. The number of hydrogen-bond donors (Lipinski definition) is 2. The zero-order valence-electron chi connectivity index (χ0n) is 23.1. The van der Waals surface area contributed by atoms with Crippen LogP contribution in [-0.2, 0) is 27.4 Å². The fraction of sp³-hybridized carbons (Fsp3) is 0.462. The molecule has 0 saturated carbocycles. The molecular formula is C26H33N5O6S3. The number of ether oxygens (including phenoxy) is 2. The first-order valence-corrected chi connectivity index (χ1v) is 15.5. The Morgan fingerprint density at radius 2 is 1.82 bits per heavy atom. The van der Waals surface area contributed by atoms with Crippen molar-refractivity contribution >= 4 is 63.2 Å². The highest BCUT2D eigenvalue weighted by Gasteiger charge is 2.29. The molecule has 3 rings (SSSR count). The van der Waals surface area contributed by atoms with Gasteiger partial charge in [-0.2, -0.15) is 0 Å². The Kier molecular flexibility index (Phi) is 11.7. The van der Waals surface area contributed by atoms with E-state index in [2.05, 4.69) is 27.8 Å². The van der Waals surface area contributed by atoms with Gasteiger partial charge in [0, 0.05) is 6.54 Å². The van der Waals surface area contributed by atoms with E-state index in [1.54, 1.807) is 33.8 Å². The molecule has 3 heterocycles. The number of anilines is 1. The molecule has 0 spiro atoms. The predicted molar refractivity (Wildman–Crippen MR) is 155 cm³/mol. The summed E-state index contributed by atoms with van der Waals surface area (Å²) in [4.78, 5) is 51.6. The Morgan fingerprint density at radius 3 is 2.48 bits per heavy atom. The second-order valence-electron chi connectivity index (χ2n) is 8.51. The Balaban J connectivity index is 1.77. The van der Waals surface area contributed by atoms with Gasteiger partial charge >= 0.3 is 11.9 Å². The van der Waals surface area contributed by atoms with Crippen molar-refractivity contribution in [2.75, 3.05) is 18.5 Å². The van der Waals surface area contributed by atoms with E-state index in [1.165, 1.54) is 23.1 Å². The molecule has 1 unspecified atom stereocenters. The SMILES string of the molecule is CCCCn1c(CNC(=O)c2cccs2)nnc1SC(C)C(=O)Nc1sc(C(=O)OCC)c(C)c1C(=O)OCC. The van der Waals surface area contributed by atoms with Gasteiger partial charge in [0.1, 0.15) is 9.88 Å². The number of nitrogens with zero attached hydrogens (tertiary/aromatic N) is 3. The summed E-state index contributed by atoms with van der Waals surface area (Å²) in [6, 6.07) is 3.57. The number of unbranched alkanes of at least 4 members (excludes halogenated alkanes) is 1. The Bertz CT molecular complexity index is 1330. The van der Waals surface area contributed by atoms with Crippen LogP contribution in [0, 0.1) is 6.92 Å². The smallest absolute Gasteiger partial charge is 0.348 e. The largest absolute Gasteiger partial charge is 0.462 e. The average Bonchev–Trinajstić information content (AvgIpc) is 3.66. The number of aromatic nitrogens is 3. The van der Waals surface area contributed by atoms with E-state index >= 15 is 0 Å². The summed E-state index contributed by atoms with van der Waals surface area (Å²) in [6.45, 7) is 9.93. The van der Waals surface area contributed by atoms with Crippen molar-refractivity contribution in [3.05, 3.63) is 44.2 Å². The molecule has 3 aromatic heterocycles. The first-order chi connectivity index (χ1) is 19.2. The molecule has 0 radical (unpaired) electrons. The predicted octanol–water partition coefficient (Wildman–Crippen LogP) is 4.91. The number of thioether (sulfide) groups is 1. The Morgan fingerprint density at radius 1 is 1.10 bits per heavy atom. The lowest BCUT2D eigenvalue weighted by Crippen LogP contribution is -2.25. The zero-order chi connectivity index (χ0) is 29.2. The molecular weight excluding hydrogens is 575 g/mol. The van der Waals surface area contributed by atoms with Gasteiger partial charge in [0.15, 0.2) is 11.0 Å². The maximum absolute atomic E-state index is 13.2. The van der Waals surface area contributed by atoms with Gasteiger partial charge in [-0.25, -0.2) is 9.59 Å². The van der Waals surface area contributed by atoms with Gasteiger partial charge in [-0.1, -0.05) is 31.2 Å². The molecule has 216 valence electrons. The molecule has 0 aromatic carbocycles. The lowest BCUT2D eigenvalue weighted by Gasteiger charge is -2.14. The lowest BCUT2D eigenvalue weighted by atomic mass is 10.1. The minimum atomic E-state index is -0.629. The number of thiophene rings is 2. The summed E-state index contributed by atoms with van der Waals surface area (Å²) in [5.41, 5.74) is 0.529. The molecule has 3 aromatic rings. The van der Waals surface area contributed by atoms with Crippen LogP contribution in [0.2, 0.25) is 0 Å². The Hall–Kier alpha value is -3.23. The summed E-state index contributed by atoms with van der Waals surface area (Å²) >= 11 is 3.55. The molecule has 0 saturated heterocycles. The van der Waals surface area contributed by atoms with Gasteiger partial charge in [0.05, 0.1) is 35.4 Å². The van der Waals surface area contributed by atoms with Gasteiger partial charge in [0.2, 0.25) is 5.91 Å². The molecule has 2 amide bonds. The number of rotatable bonds is 14. The summed E-state index contributed by atoms with van der Waals surface area (Å²) in [6.07, 6.45) is 1.81. The third-order valence-electron chi connectivity index (χ3n) is 5.66. The van der Waals surface area contributed by atoms with Crippen molar-refractivity contribution in [2.45, 2.75) is 71.0 Å². The number of carbonyl (C=O) groups is 4. The maximum Gasteiger partial charge on any atom is 0.348 e. The van der Waals surface area contributed by atoms with E-state index in [4.69, 9.17) is 9.47 Å². The number of hydrogen-bond acceptors (Lipinski definition) is 11. The zero-order valence-corrected chi connectivity index (χ0v) is 25.5. The van der Waals surface area contributed by atoms with Gasteiger partial charge in [-0.3, -0.25) is 9.59 Å². The van der Waals surface area contributed by atoms with Crippen molar-refractivity contribution < 1.29 is 28.7 Å². The van der Waals surface area contributed by atoms with Crippen molar-refractivity contribution in [3.8, 4) is 0 Å². The van der Waals surface area contributed by atoms with Crippen molar-refractivity contribution in [1.82, 2.24) is 20.1 Å². The quantitative estimate of drug-likeness (QED) is 0.193. The fourth-order valence-electron chi connectivity index (χ4n) is 3.60. The fourth-order valence-corrected chi connectivity index (χ4v) is 6.22. The molecule has 11 nitrogen and oxygen atoms in total. The van der Waals surface area contributed by atoms with Gasteiger partial charge in [-0.15, -0.1) is 32.9 Å². The first kappa shape index (κ1) is 31.3. The number of esters is 2. The van der Waals surface area contributed by atoms with E-state index in [0.717, 1.165) is 24.2 Å². The third-order valence-corrected chi connectivity index (χ3v) is 8.79. The summed E-state index contributed by atoms with van der Waals surface area (Å²) in [5, 5.41) is 16.2. The third kappa shape index (κ3) is 7.70. The van der Waals surface area contributed by atoms with Crippen LogP contribution in [0.5, 0.6) is 0 Å². The second kappa shape index (κ2) is 15.0. The van der Waals surface area contributed by atoms with E-state index in [0.29, 0.717) is 28.0 Å². The first-order valence-electron chi connectivity index (χ1n) is 12.9. The standard InChI is InChI=1S/C26H33N5O6S3/c1-6-9-12-31-18(14-27-22(33)17-11-10-13-38-17)29-30-26(31)39-16(5)21(32)28-23-19(24(34)36-7-2)15(4)20(40-23)25(35)37-8-3/h10-11,13,16H,6-9,12,14H2,1-5H3,(H,27,33)(H,28,32). The topological polar surface area (TPSA) is 142 Å². The monoisotopic (exact) mass is 607 g/mol. The van der Waals surface area contributed by atoms with Crippen LogP contribution >= 0.6 is 34.4 Å². The molecule has 0 aliphatic rings. The van der Waals surface area contributed by atoms with Crippen LogP contribution in [0.3, 0.4) is 0 Å². The highest BCUT2D eigenvalue weighted by Crippen LogP contribution is 2.35. The summed E-state index contributed by atoms with van der Waals surface area (Å²) in [7, 11) is 0. The molecule has 0 aliphatic carbocycles. The van der Waals surface area contributed by atoms with E-state index < -0.39 is 17.2 Å². The van der Waals surface area contributed by atoms with Crippen molar-refractivity contribution in [2.24, 2.45) is 0 Å². The van der Waals surface area contributed by atoms with Crippen LogP contribution in [-0.4, -0.2) is 57.0 Å². The Labute approximate surface area is 245 Å². The molecule has 40 heavy (non-hydrogen) atoms. The number of nitrogens with one attached hydrogen (secondary N) is 2. The number of amides is 2. The van der Waals surface area contributed by atoms with Gasteiger partial charge in [-0.05, 0) is 51.1 Å². The highest BCUT2D eigenvalue weighted by atomic mass is 32.2. The molecule has 2 N–H and O–H groups in total. The average molecular weight is 608 g/mol. The minimum Gasteiger partial charge on any atom is -0.462 e. The van der Waals surface area contributed by atoms with Crippen LogP contribution in [0.4, 0.5) is 5.00 Å².